The molecule has 1 fully saturated rings. The first-order chi connectivity index (χ1) is 11.1. The van der Waals surface area contributed by atoms with Crippen molar-refractivity contribution >= 4 is 6.03 Å². The molecule has 2 rings (SSSR count). The van der Waals surface area contributed by atoms with E-state index < -0.39 is 0 Å². The number of aliphatic hydroxyl groups excluding tert-OH is 1. The van der Waals surface area contributed by atoms with E-state index in [9.17, 15) is 9.90 Å². The van der Waals surface area contributed by atoms with Gasteiger partial charge in [0, 0.05) is 38.8 Å². The van der Waals surface area contributed by atoms with Crippen LogP contribution in [-0.2, 0) is 6.54 Å². The number of rotatable bonds is 6. The number of nitrogens with one attached hydrogen (secondary N) is 1. The van der Waals surface area contributed by atoms with E-state index in [0.29, 0.717) is 6.54 Å². The quantitative estimate of drug-likeness (QED) is 0.842. The maximum atomic E-state index is 12.3. The van der Waals surface area contributed by atoms with Gasteiger partial charge >= 0.3 is 6.03 Å². The second-order valence-electron chi connectivity index (χ2n) is 6.67. The van der Waals surface area contributed by atoms with Gasteiger partial charge in [-0.1, -0.05) is 30.3 Å². The highest BCUT2D eigenvalue weighted by Gasteiger charge is 2.24. The smallest absolute Gasteiger partial charge is 0.317 e. The molecule has 0 radical (unpaired) electrons. The minimum atomic E-state index is -0.0104. The van der Waals surface area contributed by atoms with Gasteiger partial charge in [0.25, 0.3) is 0 Å². The molecule has 1 saturated heterocycles. The zero-order chi connectivity index (χ0) is 16.7. The molecule has 2 N–H and O–H groups in total. The predicted octanol–water partition coefficient (Wildman–Crippen LogP) is 1.92. The SMILES string of the molecule is C[C@@H](CN(C)Cc1ccccc1)NC(=O)N1CCC[C@@H](CO)C1. The van der Waals surface area contributed by atoms with Crippen molar-refractivity contribution in [3.63, 3.8) is 0 Å². The lowest BCUT2D eigenvalue weighted by molar-refractivity contribution is 0.127. The van der Waals surface area contributed by atoms with Gasteiger partial charge in [-0.25, -0.2) is 4.79 Å². The van der Waals surface area contributed by atoms with Crippen molar-refractivity contribution in [3.05, 3.63) is 35.9 Å². The first-order valence-corrected chi connectivity index (χ1v) is 8.47. The Morgan fingerprint density at radius 2 is 2.17 bits per heavy atom. The fourth-order valence-corrected chi connectivity index (χ4v) is 3.17. The molecule has 0 aliphatic carbocycles. The molecule has 0 aromatic heterocycles. The molecule has 1 aromatic rings. The molecular formula is C18H29N3O2. The first kappa shape index (κ1) is 17.8. The van der Waals surface area contributed by atoms with E-state index in [-0.39, 0.29) is 24.6 Å². The molecule has 1 aliphatic heterocycles. The third kappa shape index (κ3) is 5.84. The number of hydrogen-bond donors (Lipinski definition) is 2. The van der Waals surface area contributed by atoms with Crippen LogP contribution in [0.25, 0.3) is 0 Å². The van der Waals surface area contributed by atoms with E-state index in [1.807, 2.05) is 30.0 Å². The summed E-state index contributed by atoms with van der Waals surface area (Å²) in [6.45, 7) is 5.32. The van der Waals surface area contributed by atoms with Crippen LogP contribution in [0.5, 0.6) is 0 Å². The molecule has 1 heterocycles. The van der Waals surface area contributed by atoms with Gasteiger partial charge in [0.05, 0.1) is 0 Å². The third-order valence-corrected chi connectivity index (χ3v) is 4.32. The molecule has 5 nitrogen and oxygen atoms in total. The molecule has 23 heavy (non-hydrogen) atoms. The van der Waals surface area contributed by atoms with Crippen LogP contribution in [0.1, 0.15) is 25.3 Å². The maximum Gasteiger partial charge on any atom is 0.317 e. The number of likely N-dealkylation sites (tertiary alicyclic amines) is 1. The topological polar surface area (TPSA) is 55.8 Å². The van der Waals surface area contributed by atoms with Crippen molar-refractivity contribution in [3.8, 4) is 0 Å². The number of likely N-dealkylation sites (N-methyl/N-ethyl adjacent to an activating group) is 1. The lowest BCUT2D eigenvalue weighted by Crippen LogP contribution is -2.50. The molecule has 1 aromatic carbocycles. The van der Waals surface area contributed by atoms with Gasteiger partial charge in [-0.15, -0.1) is 0 Å². The molecular weight excluding hydrogens is 290 g/mol. The summed E-state index contributed by atoms with van der Waals surface area (Å²) in [6.07, 6.45) is 1.98. The summed E-state index contributed by atoms with van der Waals surface area (Å²) in [5.41, 5.74) is 1.27. The zero-order valence-corrected chi connectivity index (χ0v) is 14.2. The monoisotopic (exact) mass is 319 g/mol. The number of piperidine rings is 1. The van der Waals surface area contributed by atoms with Crippen LogP contribution in [0.4, 0.5) is 4.79 Å². The Hall–Kier alpha value is -1.59. The van der Waals surface area contributed by atoms with E-state index in [0.717, 1.165) is 32.5 Å². The van der Waals surface area contributed by atoms with Gasteiger partial charge < -0.3 is 20.2 Å². The Morgan fingerprint density at radius 1 is 1.43 bits per heavy atom. The van der Waals surface area contributed by atoms with Crippen LogP contribution in [-0.4, -0.2) is 60.3 Å². The fourth-order valence-electron chi connectivity index (χ4n) is 3.17. The van der Waals surface area contributed by atoms with Crippen LogP contribution < -0.4 is 5.32 Å². The molecule has 0 unspecified atom stereocenters. The molecule has 0 spiro atoms. The van der Waals surface area contributed by atoms with Crippen LogP contribution >= 0.6 is 0 Å². The molecule has 0 saturated carbocycles. The molecule has 1 aliphatic rings. The first-order valence-electron chi connectivity index (χ1n) is 8.47. The molecule has 5 heteroatoms. The van der Waals surface area contributed by atoms with Crippen molar-refractivity contribution in [2.75, 3.05) is 33.3 Å². The van der Waals surface area contributed by atoms with Gasteiger partial charge in [-0.05, 0) is 38.3 Å². The van der Waals surface area contributed by atoms with Gasteiger partial charge in [-0.3, -0.25) is 0 Å². The Balaban J connectivity index is 1.75. The van der Waals surface area contributed by atoms with Gasteiger partial charge in [-0.2, -0.15) is 0 Å². The number of carbonyl (C=O) groups is 1. The molecule has 2 amide bonds. The normalized spacial score (nSPS) is 19.7. The molecule has 0 bridgehead atoms. The van der Waals surface area contributed by atoms with Gasteiger partial charge in [0.15, 0.2) is 0 Å². The number of benzene rings is 1. The van der Waals surface area contributed by atoms with Crippen molar-refractivity contribution in [1.82, 2.24) is 15.1 Å². The number of carbonyl (C=O) groups excluding carboxylic acids is 1. The van der Waals surface area contributed by atoms with Gasteiger partial charge in [0.2, 0.25) is 0 Å². The Bertz CT molecular complexity index is 480. The zero-order valence-electron chi connectivity index (χ0n) is 14.2. The van der Waals surface area contributed by atoms with E-state index in [1.165, 1.54) is 5.56 Å². The average molecular weight is 319 g/mol. The third-order valence-electron chi connectivity index (χ3n) is 4.32. The summed E-state index contributed by atoms with van der Waals surface area (Å²) >= 11 is 0. The highest BCUT2D eigenvalue weighted by Crippen LogP contribution is 2.15. The van der Waals surface area contributed by atoms with Crippen molar-refractivity contribution in [1.29, 1.82) is 0 Å². The number of amides is 2. The number of urea groups is 1. The van der Waals surface area contributed by atoms with E-state index in [2.05, 4.69) is 29.4 Å². The van der Waals surface area contributed by atoms with Crippen LogP contribution in [0.3, 0.4) is 0 Å². The van der Waals surface area contributed by atoms with Crippen molar-refractivity contribution in [2.24, 2.45) is 5.92 Å². The predicted molar refractivity (Wildman–Crippen MR) is 92.2 cm³/mol. The van der Waals surface area contributed by atoms with Crippen LogP contribution in [0.2, 0.25) is 0 Å². The summed E-state index contributed by atoms with van der Waals surface area (Å²) < 4.78 is 0. The second kappa shape index (κ2) is 8.89. The number of hydrogen-bond acceptors (Lipinski definition) is 3. The largest absolute Gasteiger partial charge is 0.396 e. The molecule has 2 atom stereocenters. The van der Waals surface area contributed by atoms with E-state index in [4.69, 9.17) is 0 Å². The Morgan fingerprint density at radius 3 is 2.87 bits per heavy atom. The number of aliphatic hydroxyl groups is 1. The summed E-state index contributed by atoms with van der Waals surface area (Å²) in [5.74, 6) is 0.227. The minimum Gasteiger partial charge on any atom is -0.396 e. The lowest BCUT2D eigenvalue weighted by atomic mass is 9.99. The summed E-state index contributed by atoms with van der Waals surface area (Å²) in [7, 11) is 2.07. The second-order valence-corrected chi connectivity index (χ2v) is 6.67. The summed E-state index contributed by atoms with van der Waals surface area (Å²) in [5, 5.41) is 12.3. The van der Waals surface area contributed by atoms with E-state index >= 15 is 0 Å². The van der Waals surface area contributed by atoms with Crippen LogP contribution in [0.15, 0.2) is 30.3 Å². The van der Waals surface area contributed by atoms with Crippen molar-refractivity contribution in [2.45, 2.75) is 32.4 Å². The Labute approximate surface area is 139 Å². The van der Waals surface area contributed by atoms with Crippen molar-refractivity contribution < 1.29 is 9.90 Å². The summed E-state index contributed by atoms with van der Waals surface area (Å²) in [4.78, 5) is 16.4. The van der Waals surface area contributed by atoms with E-state index in [1.54, 1.807) is 0 Å². The lowest BCUT2D eigenvalue weighted by Gasteiger charge is -2.33. The molecule has 128 valence electrons. The van der Waals surface area contributed by atoms with Gasteiger partial charge in [0.1, 0.15) is 0 Å². The maximum absolute atomic E-state index is 12.3. The summed E-state index contributed by atoms with van der Waals surface area (Å²) in [6, 6.07) is 10.4. The van der Waals surface area contributed by atoms with Crippen LogP contribution in [0, 0.1) is 5.92 Å². The minimum absolute atomic E-state index is 0.0104. The average Bonchev–Trinajstić information content (AvgIpc) is 2.55. The standard InChI is InChI=1S/C18H29N3O2/c1-15(11-20(2)12-16-7-4-3-5-8-16)19-18(23)21-10-6-9-17(13-21)14-22/h3-5,7-8,15,17,22H,6,9-14H2,1-2H3,(H,19,23)/t15-,17+/m0/s1. The number of nitrogens with zero attached hydrogens (tertiary/aromatic N) is 2. The highest BCUT2D eigenvalue weighted by atomic mass is 16.3. The Kier molecular flexibility index (Phi) is 6.86. The fraction of sp³-hybridized carbons (Fsp3) is 0.611. The highest BCUT2D eigenvalue weighted by molar-refractivity contribution is 5.74.